The number of ether oxygens (including phenoxy) is 1. The number of carbonyl (C=O) groups is 2. The van der Waals surface area contributed by atoms with Crippen LogP contribution in [0.3, 0.4) is 0 Å². The smallest absolute Gasteiger partial charge is 0.307 e. The van der Waals surface area contributed by atoms with E-state index in [0.717, 1.165) is 10.6 Å². The molecule has 1 aromatic rings. The zero-order chi connectivity index (χ0) is 12.3. The molecule has 0 saturated heterocycles. The van der Waals surface area contributed by atoms with E-state index in [-0.39, 0.29) is 18.3 Å². The molecule has 1 aliphatic heterocycles. The third kappa shape index (κ3) is 2.61. The first-order valence-corrected chi connectivity index (χ1v) is 6.30. The van der Waals surface area contributed by atoms with Gasteiger partial charge >= 0.3 is 5.97 Å². The number of benzene rings is 1. The Balaban J connectivity index is 2.15. The summed E-state index contributed by atoms with van der Waals surface area (Å²) in [5, 5.41) is 0. The number of fused-ring (bicyclic) bond motifs is 1. The Morgan fingerprint density at radius 2 is 2.24 bits per heavy atom. The van der Waals surface area contributed by atoms with Crippen molar-refractivity contribution in [2.45, 2.75) is 11.3 Å². The standard InChI is InChI=1S/C12H13NO3S/c1-16-12(15)6-7-13-9-4-2-3-5-10(9)17-8-11(13)14/h2-5H,6-8H2,1H3. The van der Waals surface area contributed by atoms with Gasteiger partial charge in [-0.1, -0.05) is 12.1 Å². The average Bonchev–Trinajstić information content (AvgIpc) is 2.37. The van der Waals surface area contributed by atoms with E-state index in [9.17, 15) is 9.59 Å². The van der Waals surface area contributed by atoms with Gasteiger partial charge < -0.3 is 9.64 Å². The van der Waals surface area contributed by atoms with Crippen molar-refractivity contribution in [2.75, 3.05) is 24.3 Å². The summed E-state index contributed by atoms with van der Waals surface area (Å²) in [6.07, 6.45) is 0.223. The maximum absolute atomic E-state index is 11.8. The highest BCUT2D eigenvalue weighted by Gasteiger charge is 2.24. The number of thioether (sulfide) groups is 1. The molecular weight excluding hydrogens is 238 g/mol. The minimum absolute atomic E-state index is 0.0394. The van der Waals surface area contributed by atoms with Crippen molar-refractivity contribution in [3.05, 3.63) is 24.3 Å². The van der Waals surface area contributed by atoms with Crippen LogP contribution in [0.15, 0.2) is 29.2 Å². The lowest BCUT2D eigenvalue weighted by atomic mass is 10.2. The molecule has 0 bridgehead atoms. The van der Waals surface area contributed by atoms with Crippen molar-refractivity contribution in [3.8, 4) is 0 Å². The number of amides is 1. The van der Waals surface area contributed by atoms with Gasteiger partial charge in [-0.25, -0.2) is 0 Å². The van der Waals surface area contributed by atoms with Crippen molar-refractivity contribution in [3.63, 3.8) is 0 Å². The number of hydrogen-bond donors (Lipinski definition) is 0. The fourth-order valence-electron chi connectivity index (χ4n) is 1.70. The number of nitrogens with zero attached hydrogens (tertiary/aromatic N) is 1. The summed E-state index contributed by atoms with van der Waals surface area (Å²) < 4.78 is 4.58. The van der Waals surface area contributed by atoms with Gasteiger partial charge in [0.2, 0.25) is 5.91 Å². The Kier molecular flexibility index (Phi) is 3.68. The third-order valence-corrected chi connectivity index (χ3v) is 3.62. The first-order chi connectivity index (χ1) is 8.22. The highest BCUT2D eigenvalue weighted by atomic mass is 32.2. The number of esters is 1. The van der Waals surface area contributed by atoms with E-state index < -0.39 is 0 Å². The highest BCUT2D eigenvalue weighted by Crippen LogP contribution is 2.34. The van der Waals surface area contributed by atoms with Crippen LogP contribution < -0.4 is 4.90 Å². The van der Waals surface area contributed by atoms with Gasteiger partial charge in [-0.15, -0.1) is 11.8 Å². The summed E-state index contributed by atoms with van der Waals surface area (Å²) in [6.45, 7) is 0.378. The maximum Gasteiger partial charge on any atom is 0.307 e. The van der Waals surface area contributed by atoms with Crippen LogP contribution in [0.5, 0.6) is 0 Å². The second-order valence-corrected chi connectivity index (χ2v) is 4.65. The van der Waals surface area contributed by atoms with E-state index in [4.69, 9.17) is 0 Å². The minimum atomic E-state index is -0.298. The molecule has 1 heterocycles. The van der Waals surface area contributed by atoms with E-state index in [1.54, 1.807) is 4.90 Å². The summed E-state index contributed by atoms with van der Waals surface area (Å²) in [4.78, 5) is 25.7. The molecule has 0 aliphatic carbocycles. The first-order valence-electron chi connectivity index (χ1n) is 5.31. The fourth-order valence-corrected chi connectivity index (χ4v) is 2.64. The van der Waals surface area contributed by atoms with Crippen molar-refractivity contribution < 1.29 is 14.3 Å². The van der Waals surface area contributed by atoms with Crippen molar-refractivity contribution in [1.82, 2.24) is 0 Å². The van der Waals surface area contributed by atoms with E-state index in [1.165, 1.54) is 18.9 Å². The number of anilines is 1. The van der Waals surface area contributed by atoms with E-state index in [2.05, 4.69) is 4.74 Å². The predicted molar refractivity (Wildman–Crippen MR) is 66.2 cm³/mol. The zero-order valence-corrected chi connectivity index (χ0v) is 10.3. The Hall–Kier alpha value is -1.49. The molecule has 0 unspecified atom stereocenters. The fraction of sp³-hybridized carbons (Fsp3) is 0.333. The lowest BCUT2D eigenvalue weighted by Gasteiger charge is -2.28. The van der Waals surface area contributed by atoms with Gasteiger partial charge in [-0.3, -0.25) is 9.59 Å². The quantitative estimate of drug-likeness (QED) is 0.767. The number of carbonyl (C=O) groups excluding carboxylic acids is 2. The second-order valence-electron chi connectivity index (χ2n) is 3.63. The summed E-state index contributed by atoms with van der Waals surface area (Å²) >= 11 is 1.53. The summed E-state index contributed by atoms with van der Waals surface area (Å²) in [6, 6.07) is 7.72. The summed E-state index contributed by atoms with van der Waals surface area (Å²) in [5.41, 5.74) is 0.887. The van der Waals surface area contributed by atoms with Crippen LogP contribution in [0.25, 0.3) is 0 Å². The van der Waals surface area contributed by atoms with Gasteiger partial charge in [-0.2, -0.15) is 0 Å². The number of methoxy groups -OCH3 is 1. The topological polar surface area (TPSA) is 46.6 Å². The minimum Gasteiger partial charge on any atom is -0.469 e. The SMILES string of the molecule is COC(=O)CCN1C(=O)CSc2ccccc21. The molecule has 1 amide bonds. The monoisotopic (exact) mass is 251 g/mol. The first kappa shape index (κ1) is 12.0. The van der Waals surface area contributed by atoms with Crippen LogP contribution in [0.1, 0.15) is 6.42 Å². The van der Waals surface area contributed by atoms with E-state index in [0.29, 0.717) is 12.3 Å². The van der Waals surface area contributed by atoms with Gasteiger partial charge in [0.25, 0.3) is 0 Å². The maximum atomic E-state index is 11.8. The van der Waals surface area contributed by atoms with Crippen molar-refractivity contribution in [2.24, 2.45) is 0 Å². The largest absolute Gasteiger partial charge is 0.469 e. The Labute approximate surface area is 104 Å². The Morgan fingerprint density at radius 1 is 1.47 bits per heavy atom. The van der Waals surface area contributed by atoms with E-state index >= 15 is 0 Å². The van der Waals surface area contributed by atoms with Crippen LogP contribution in [0.4, 0.5) is 5.69 Å². The molecule has 2 rings (SSSR count). The molecule has 0 saturated carbocycles. The molecule has 17 heavy (non-hydrogen) atoms. The van der Waals surface area contributed by atoms with Gasteiger partial charge in [0.05, 0.1) is 25.0 Å². The molecule has 1 aromatic carbocycles. The Morgan fingerprint density at radius 3 is 3.00 bits per heavy atom. The molecule has 0 aromatic heterocycles. The van der Waals surface area contributed by atoms with Crippen LogP contribution >= 0.6 is 11.8 Å². The van der Waals surface area contributed by atoms with Crippen LogP contribution in [0.2, 0.25) is 0 Å². The molecule has 0 N–H and O–H groups in total. The van der Waals surface area contributed by atoms with Crippen molar-refractivity contribution in [1.29, 1.82) is 0 Å². The normalized spacial score (nSPS) is 14.4. The number of hydrogen-bond acceptors (Lipinski definition) is 4. The molecule has 5 heteroatoms. The van der Waals surface area contributed by atoms with Gasteiger partial charge in [0.15, 0.2) is 0 Å². The molecule has 4 nitrogen and oxygen atoms in total. The van der Waals surface area contributed by atoms with Crippen LogP contribution in [-0.4, -0.2) is 31.3 Å². The predicted octanol–water partition coefficient (Wildman–Crippen LogP) is 1.69. The molecule has 0 spiro atoms. The molecule has 0 radical (unpaired) electrons. The molecular formula is C12H13NO3S. The number of rotatable bonds is 3. The van der Waals surface area contributed by atoms with Crippen LogP contribution in [-0.2, 0) is 14.3 Å². The lowest BCUT2D eigenvalue weighted by Crippen LogP contribution is -2.37. The van der Waals surface area contributed by atoms with Gasteiger partial charge in [0.1, 0.15) is 0 Å². The third-order valence-electron chi connectivity index (χ3n) is 2.58. The summed E-state index contributed by atoms with van der Waals surface area (Å²) in [7, 11) is 1.35. The zero-order valence-electron chi connectivity index (χ0n) is 9.51. The van der Waals surface area contributed by atoms with Gasteiger partial charge in [0, 0.05) is 11.4 Å². The average molecular weight is 251 g/mol. The van der Waals surface area contributed by atoms with Crippen LogP contribution in [0, 0.1) is 0 Å². The lowest BCUT2D eigenvalue weighted by molar-refractivity contribution is -0.140. The van der Waals surface area contributed by atoms with Gasteiger partial charge in [-0.05, 0) is 12.1 Å². The molecule has 1 aliphatic rings. The Bertz CT molecular complexity index is 447. The second kappa shape index (κ2) is 5.23. The molecule has 90 valence electrons. The molecule has 0 atom stereocenters. The van der Waals surface area contributed by atoms with Crippen molar-refractivity contribution >= 4 is 29.3 Å². The number of para-hydroxylation sites is 1. The summed E-state index contributed by atoms with van der Waals surface area (Å²) in [5.74, 6) is 0.171. The van der Waals surface area contributed by atoms with E-state index in [1.807, 2.05) is 24.3 Å². The molecule has 0 fully saturated rings. The highest BCUT2D eigenvalue weighted by molar-refractivity contribution is 8.00.